The molecule has 0 unspecified atom stereocenters. The number of ether oxygens (including phenoxy) is 2. The van der Waals surface area contributed by atoms with Crippen molar-refractivity contribution in [3.8, 4) is 11.5 Å². The summed E-state index contributed by atoms with van der Waals surface area (Å²) < 4.78 is 11.6. The second-order valence-electron chi connectivity index (χ2n) is 6.92. The maximum atomic E-state index is 12.2. The van der Waals surface area contributed by atoms with Crippen molar-refractivity contribution < 1.29 is 19.2 Å². The van der Waals surface area contributed by atoms with E-state index in [-0.39, 0.29) is 11.3 Å². The predicted octanol–water partition coefficient (Wildman–Crippen LogP) is 4.64. The molecule has 0 spiro atoms. The van der Waals surface area contributed by atoms with Crippen molar-refractivity contribution in [2.45, 2.75) is 20.5 Å². The lowest BCUT2D eigenvalue weighted by atomic mass is 10.2. The van der Waals surface area contributed by atoms with Crippen LogP contribution < -0.4 is 14.9 Å². The van der Waals surface area contributed by atoms with Gasteiger partial charge in [-0.1, -0.05) is 35.9 Å². The molecule has 3 aromatic rings. The number of benzene rings is 3. The summed E-state index contributed by atoms with van der Waals surface area (Å²) in [5.74, 6) is 0.617. The molecule has 3 rings (SSSR count). The molecule has 3 aromatic carbocycles. The van der Waals surface area contributed by atoms with Gasteiger partial charge in [0.1, 0.15) is 6.61 Å². The van der Waals surface area contributed by atoms with Gasteiger partial charge in [0.05, 0.1) is 17.7 Å². The molecular formula is C24H23N3O5. The largest absolute Gasteiger partial charge is 0.490 e. The summed E-state index contributed by atoms with van der Waals surface area (Å²) >= 11 is 0. The van der Waals surface area contributed by atoms with Gasteiger partial charge in [-0.25, -0.2) is 5.43 Å². The maximum Gasteiger partial charge on any atom is 0.271 e. The summed E-state index contributed by atoms with van der Waals surface area (Å²) in [6, 6.07) is 18.9. The molecule has 0 fully saturated rings. The Labute approximate surface area is 185 Å². The van der Waals surface area contributed by atoms with Crippen LogP contribution in [0, 0.1) is 17.0 Å². The Bertz CT molecular complexity index is 1130. The maximum absolute atomic E-state index is 12.2. The SMILES string of the molecule is CCOc1cc(/C=N\NC(=O)c2cccc([N+](=O)[O-])c2)ccc1OCc1ccc(C)cc1. The Hall–Kier alpha value is -4.20. The van der Waals surface area contributed by atoms with Crippen LogP contribution in [0.15, 0.2) is 71.8 Å². The third-order valence-electron chi connectivity index (χ3n) is 4.48. The van der Waals surface area contributed by atoms with Crippen LogP contribution in [0.1, 0.15) is 34.0 Å². The smallest absolute Gasteiger partial charge is 0.271 e. The van der Waals surface area contributed by atoms with E-state index in [0.29, 0.717) is 30.3 Å². The van der Waals surface area contributed by atoms with Crippen LogP contribution in [0.5, 0.6) is 11.5 Å². The van der Waals surface area contributed by atoms with Crippen molar-refractivity contribution in [1.82, 2.24) is 5.43 Å². The highest BCUT2D eigenvalue weighted by Crippen LogP contribution is 2.29. The summed E-state index contributed by atoms with van der Waals surface area (Å²) in [5.41, 5.74) is 5.27. The third kappa shape index (κ3) is 6.15. The van der Waals surface area contributed by atoms with Gasteiger partial charge in [0.25, 0.3) is 11.6 Å². The van der Waals surface area contributed by atoms with Crippen LogP contribution in [0.2, 0.25) is 0 Å². The Morgan fingerprint density at radius 2 is 1.84 bits per heavy atom. The summed E-state index contributed by atoms with van der Waals surface area (Å²) in [7, 11) is 0. The monoisotopic (exact) mass is 433 g/mol. The van der Waals surface area contributed by atoms with Gasteiger partial charge in [0, 0.05) is 17.7 Å². The molecular weight excluding hydrogens is 410 g/mol. The Morgan fingerprint density at radius 3 is 2.56 bits per heavy atom. The minimum Gasteiger partial charge on any atom is -0.490 e. The fourth-order valence-electron chi connectivity index (χ4n) is 2.83. The minimum absolute atomic E-state index is 0.145. The first-order valence-corrected chi connectivity index (χ1v) is 9.99. The van der Waals surface area contributed by atoms with Crippen LogP contribution in [-0.4, -0.2) is 23.7 Å². The van der Waals surface area contributed by atoms with Crippen LogP contribution in [-0.2, 0) is 6.61 Å². The van der Waals surface area contributed by atoms with Gasteiger partial charge in [-0.15, -0.1) is 0 Å². The number of rotatable bonds is 9. The second kappa shape index (κ2) is 10.7. The number of nitro benzene ring substituents is 1. The fourth-order valence-corrected chi connectivity index (χ4v) is 2.83. The van der Waals surface area contributed by atoms with E-state index in [1.807, 2.05) is 38.1 Å². The van der Waals surface area contributed by atoms with Crippen LogP contribution in [0.3, 0.4) is 0 Å². The van der Waals surface area contributed by atoms with Gasteiger partial charge in [-0.3, -0.25) is 14.9 Å². The topological polar surface area (TPSA) is 103 Å². The molecule has 0 saturated carbocycles. The Kier molecular flexibility index (Phi) is 7.53. The number of carbonyl (C=O) groups is 1. The summed E-state index contributed by atoms with van der Waals surface area (Å²) in [5, 5.41) is 14.8. The average Bonchev–Trinajstić information content (AvgIpc) is 2.80. The van der Waals surface area contributed by atoms with Crippen molar-refractivity contribution >= 4 is 17.8 Å². The van der Waals surface area contributed by atoms with E-state index in [9.17, 15) is 14.9 Å². The molecule has 8 heteroatoms. The number of nitro groups is 1. The first-order chi connectivity index (χ1) is 15.5. The molecule has 0 saturated heterocycles. The molecule has 164 valence electrons. The molecule has 0 aliphatic carbocycles. The highest BCUT2D eigenvalue weighted by atomic mass is 16.6. The van der Waals surface area contributed by atoms with Crippen molar-refractivity contribution in [2.24, 2.45) is 5.10 Å². The van der Waals surface area contributed by atoms with Crippen molar-refractivity contribution in [3.63, 3.8) is 0 Å². The number of hydrazone groups is 1. The molecule has 32 heavy (non-hydrogen) atoms. The number of hydrogen-bond acceptors (Lipinski definition) is 6. The lowest BCUT2D eigenvalue weighted by Crippen LogP contribution is -2.17. The number of amides is 1. The van der Waals surface area contributed by atoms with Crippen molar-refractivity contribution in [1.29, 1.82) is 0 Å². The zero-order valence-corrected chi connectivity index (χ0v) is 17.8. The van der Waals surface area contributed by atoms with Gasteiger partial charge in [-0.05, 0) is 49.2 Å². The molecule has 0 heterocycles. The number of carbonyl (C=O) groups excluding carboxylic acids is 1. The number of hydrogen-bond donors (Lipinski definition) is 1. The number of non-ortho nitro benzene ring substituents is 1. The number of nitrogens with zero attached hydrogens (tertiary/aromatic N) is 2. The predicted molar refractivity (Wildman–Crippen MR) is 121 cm³/mol. The minimum atomic E-state index is -0.558. The van der Waals surface area contributed by atoms with Crippen molar-refractivity contribution in [3.05, 3.63) is 99.1 Å². The van der Waals surface area contributed by atoms with E-state index in [4.69, 9.17) is 9.47 Å². The standard InChI is InChI=1S/C24H23N3O5/c1-3-31-23-13-19(11-12-22(23)32-16-18-9-7-17(2)8-10-18)15-25-26-24(28)20-5-4-6-21(14-20)27(29)30/h4-15H,3,16H2,1-2H3,(H,26,28)/b25-15-. The molecule has 0 atom stereocenters. The lowest BCUT2D eigenvalue weighted by molar-refractivity contribution is -0.384. The third-order valence-corrected chi connectivity index (χ3v) is 4.48. The van der Waals surface area contributed by atoms with E-state index in [0.717, 1.165) is 5.56 Å². The van der Waals surface area contributed by atoms with Crippen LogP contribution in [0.4, 0.5) is 5.69 Å². The zero-order valence-electron chi connectivity index (χ0n) is 17.8. The zero-order chi connectivity index (χ0) is 22.9. The highest BCUT2D eigenvalue weighted by molar-refractivity contribution is 5.95. The summed E-state index contributed by atoms with van der Waals surface area (Å²) in [4.78, 5) is 22.5. The van der Waals surface area contributed by atoms with E-state index in [1.54, 1.807) is 18.2 Å². The van der Waals surface area contributed by atoms with Crippen LogP contribution >= 0.6 is 0 Å². The normalized spacial score (nSPS) is 10.7. The van der Waals surface area contributed by atoms with Gasteiger partial charge in [0.15, 0.2) is 11.5 Å². The van der Waals surface area contributed by atoms with Gasteiger partial charge >= 0.3 is 0 Å². The molecule has 0 aliphatic rings. The fraction of sp³-hybridized carbons (Fsp3) is 0.167. The van der Waals surface area contributed by atoms with E-state index in [2.05, 4.69) is 10.5 Å². The quantitative estimate of drug-likeness (QED) is 0.301. The van der Waals surface area contributed by atoms with Gasteiger partial charge in [0.2, 0.25) is 0 Å². The first kappa shape index (κ1) is 22.5. The molecule has 0 radical (unpaired) electrons. The lowest BCUT2D eigenvalue weighted by Gasteiger charge is -2.12. The Balaban J connectivity index is 1.65. The molecule has 1 N–H and O–H groups in total. The number of aryl methyl sites for hydroxylation is 1. The summed E-state index contributed by atoms with van der Waals surface area (Å²) in [6.45, 7) is 4.78. The van der Waals surface area contributed by atoms with Crippen molar-refractivity contribution in [2.75, 3.05) is 6.61 Å². The molecule has 1 amide bonds. The van der Waals surface area contributed by atoms with E-state index >= 15 is 0 Å². The van der Waals surface area contributed by atoms with E-state index in [1.165, 1.54) is 36.0 Å². The van der Waals surface area contributed by atoms with E-state index < -0.39 is 10.8 Å². The second-order valence-corrected chi connectivity index (χ2v) is 6.92. The molecule has 0 aromatic heterocycles. The highest BCUT2D eigenvalue weighted by Gasteiger charge is 2.11. The molecule has 8 nitrogen and oxygen atoms in total. The first-order valence-electron chi connectivity index (χ1n) is 9.99. The number of nitrogens with one attached hydrogen (secondary N) is 1. The molecule has 0 bridgehead atoms. The van der Waals surface area contributed by atoms with Gasteiger partial charge < -0.3 is 9.47 Å². The molecule has 0 aliphatic heterocycles. The summed E-state index contributed by atoms with van der Waals surface area (Å²) in [6.07, 6.45) is 1.46. The average molecular weight is 433 g/mol. The van der Waals surface area contributed by atoms with Crippen LogP contribution in [0.25, 0.3) is 0 Å². The van der Waals surface area contributed by atoms with Gasteiger partial charge in [-0.2, -0.15) is 5.10 Å². The Morgan fingerprint density at radius 1 is 1.06 bits per heavy atom.